The van der Waals surface area contributed by atoms with Gasteiger partial charge in [0.1, 0.15) is 25.0 Å². The van der Waals surface area contributed by atoms with Crippen LogP contribution in [0.3, 0.4) is 0 Å². The highest BCUT2D eigenvalue weighted by Gasteiger charge is 2.17. The van der Waals surface area contributed by atoms with Crippen LogP contribution < -0.4 is 9.64 Å². The van der Waals surface area contributed by atoms with E-state index in [1.807, 2.05) is 6.07 Å². The fourth-order valence-electron chi connectivity index (χ4n) is 2.71. The van der Waals surface area contributed by atoms with Crippen molar-refractivity contribution in [1.29, 1.82) is 0 Å². The van der Waals surface area contributed by atoms with Crippen LogP contribution >= 0.6 is 0 Å². The number of quaternary nitrogens is 1. The quantitative estimate of drug-likeness (QED) is 0.733. The lowest BCUT2D eigenvalue weighted by atomic mass is 9.86. The summed E-state index contributed by atoms with van der Waals surface area (Å²) in [4.78, 5) is 1.45. The molecule has 2 atom stereocenters. The van der Waals surface area contributed by atoms with E-state index in [2.05, 4.69) is 53.7 Å². The van der Waals surface area contributed by atoms with E-state index in [1.165, 1.54) is 23.3 Å². The van der Waals surface area contributed by atoms with Crippen molar-refractivity contribution in [3.63, 3.8) is 0 Å². The zero-order valence-corrected chi connectivity index (χ0v) is 15.9. The Labute approximate surface area is 142 Å². The predicted molar refractivity (Wildman–Crippen MR) is 97.5 cm³/mol. The normalized spacial score (nSPS) is 14.6. The molecule has 0 bridgehead atoms. The van der Waals surface area contributed by atoms with Crippen LogP contribution in [-0.4, -0.2) is 37.5 Å². The fourth-order valence-corrected chi connectivity index (χ4v) is 2.71. The molecule has 0 saturated carbocycles. The van der Waals surface area contributed by atoms with Gasteiger partial charge >= 0.3 is 0 Å². The van der Waals surface area contributed by atoms with Gasteiger partial charge in [-0.2, -0.15) is 0 Å². The first-order valence-electron chi connectivity index (χ1n) is 9.03. The molecule has 132 valence electrons. The Bertz CT molecular complexity index is 465. The van der Waals surface area contributed by atoms with Crippen LogP contribution in [0.5, 0.6) is 5.75 Å². The fraction of sp³-hybridized carbons (Fsp3) is 0.700. The molecule has 1 aromatic carbocycles. The van der Waals surface area contributed by atoms with Gasteiger partial charge in [-0.3, -0.25) is 0 Å². The minimum atomic E-state index is -0.413. The summed E-state index contributed by atoms with van der Waals surface area (Å²) < 4.78 is 5.85. The van der Waals surface area contributed by atoms with Crippen LogP contribution in [0.4, 0.5) is 0 Å². The van der Waals surface area contributed by atoms with Crippen molar-refractivity contribution >= 4 is 0 Å². The number of rotatable bonds is 9. The van der Waals surface area contributed by atoms with Crippen molar-refractivity contribution in [2.45, 2.75) is 65.9 Å². The van der Waals surface area contributed by atoms with E-state index in [-0.39, 0.29) is 5.41 Å². The van der Waals surface area contributed by atoms with Gasteiger partial charge in [0.05, 0.1) is 13.1 Å². The number of aliphatic hydroxyl groups is 1. The lowest BCUT2D eigenvalue weighted by Gasteiger charge is -2.22. The molecule has 0 aliphatic rings. The van der Waals surface area contributed by atoms with Crippen molar-refractivity contribution in [3.05, 3.63) is 29.3 Å². The maximum atomic E-state index is 10.2. The van der Waals surface area contributed by atoms with Gasteiger partial charge in [0.25, 0.3) is 0 Å². The molecule has 0 radical (unpaired) electrons. The Morgan fingerprint density at radius 3 is 2.43 bits per heavy atom. The lowest BCUT2D eigenvalue weighted by Crippen LogP contribution is -3.13. The smallest absolute Gasteiger partial charge is 0.137 e. The molecule has 0 amide bonds. The molecule has 1 aromatic rings. The van der Waals surface area contributed by atoms with Gasteiger partial charge in [0, 0.05) is 0 Å². The van der Waals surface area contributed by atoms with E-state index in [1.54, 1.807) is 0 Å². The van der Waals surface area contributed by atoms with E-state index < -0.39 is 6.10 Å². The van der Waals surface area contributed by atoms with Gasteiger partial charge in [-0.05, 0) is 42.9 Å². The minimum absolute atomic E-state index is 0.146. The molecule has 3 nitrogen and oxygen atoms in total. The van der Waals surface area contributed by atoms with Crippen LogP contribution in [0.1, 0.15) is 58.6 Å². The summed E-state index contributed by atoms with van der Waals surface area (Å²) in [6.07, 6.45) is 2.00. The molecule has 0 aliphatic carbocycles. The zero-order chi connectivity index (χ0) is 17.5. The molecule has 0 heterocycles. The zero-order valence-electron chi connectivity index (χ0n) is 15.9. The first-order chi connectivity index (χ1) is 10.8. The van der Waals surface area contributed by atoms with Gasteiger partial charge < -0.3 is 14.7 Å². The standard InChI is InChI=1S/C20H35NO2/c1-7-9-12-21(8-2)14-18(22)15-23-19-11-10-17(13-16(19)3)20(4,5)6/h10-11,13,18,22H,7-9,12,14-15H2,1-6H3/p+1/t18-/m0/s1. The first-order valence-corrected chi connectivity index (χ1v) is 9.03. The van der Waals surface area contributed by atoms with Crippen molar-refractivity contribution in [1.82, 2.24) is 0 Å². The van der Waals surface area contributed by atoms with Gasteiger partial charge in [-0.25, -0.2) is 0 Å². The van der Waals surface area contributed by atoms with Crippen molar-refractivity contribution < 1.29 is 14.7 Å². The third kappa shape index (κ3) is 6.92. The molecule has 0 aliphatic heterocycles. The summed E-state index contributed by atoms with van der Waals surface area (Å²) in [6.45, 7) is 16.4. The van der Waals surface area contributed by atoms with E-state index in [4.69, 9.17) is 4.74 Å². The van der Waals surface area contributed by atoms with Crippen LogP contribution in [0.15, 0.2) is 18.2 Å². The Hall–Kier alpha value is -1.06. The molecule has 1 unspecified atom stereocenters. The topological polar surface area (TPSA) is 33.9 Å². The number of likely N-dealkylation sites (N-methyl/N-ethyl adjacent to an activating group) is 1. The van der Waals surface area contributed by atoms with Crippen molar-refractivity contribution in [3.8, 4) is 5.75 Å². The number of benzene rings is 1. The van der Waals surface area contributed by atoms with Crippen molar-refractivity contribution in [2.75, 3.05) is 26.2 Å². The SMILES string of the molecule is CCCC[NH+](CC)C[C@H](O)COc1ccc(C(C)(C)C)cc1C. The largest absolute Gasteiger partial charge is 0.490 e. The van der Waals surface area contributed by atoms with Crippen LogP contribution in [0, 0.1) is 6.92 Å². The molecule has 0 fully saturated rings. The highest BCUT2D eigenvalue weighted by Crippen LogP contribution is 2.27. The summed E-state index contributed by atoms with van der Waals surface area (Å²) in [6, 6.07) is 6.34. The monoisotopic (exact) mass is 322 g/mol. The highest BCUT2D eigenvalue weighted by molar-refractivity contribution is 5.38. The Morgan fingerprint density at radius 1 is 1.22 bits per heavy atom. The number of aliphatic hydroxyl groups excluding tert-OH is 1. The maximum absolute atomic E-state index is 10.2. The van der Waals surface area contributed by atoms with Crippen LogP contribution in [0.25, 0.3) is 0 Å². The third-order valence-corrected chi connectivity index (χ3v) is 4.38. The van der Waals surface area contributed by atoms with Gasteiger partial charge in [0.15, 0.2) is 0 Å². The highest BCUT2D eigenvalue weighted by atomic mass is 16.5. The van der Waals surface area contributed by atoms with E-state index in [0.29, 0.717) is 6.61 Å². The molecule has 0 aromatic heterocycles. The molecule has 2 N–H and O–H groups in total. The molecule has 23 heavy (non-hydrogen) atoms. The van der Waals surface area contributed by atoms with E-state index in [0.717, 1.165) is 30.9 Å². The lowest BCUT2D eigenvalue weighted by molar-refractivity contribution is -0.901. The molecule has 0 spiro atoms. The van der Waals surface area contributed by atoms with Crippen LogP contribution in [0.2, 0.25) is 0 Å². The molecule has 1 rings (SSSR count). The number of hydrogen-bond acceptors (Lipinski definition) is 2. The Morgan fingerprint density at radius 2 is 1.91 bits per heavy atom. The summed E-state index contributed by atoms with van der Waals surface area (Å²) in [5, 5.41) is 10.2. The predicted octanol–water partition coefficient (Wildman–Crippen LogP) is 2.74. The second-order valence-electron chi connectivity index (χ2n) is 7.61. The second kappa shape index (κ2) is 9.29. The Balaban J connectivity index is 2.54. The third-order valence-electron chi connectivity index (χ3n) is 4.38. The van der Waals surface area contributed by atoms with Crippen molar-refractivity contribution in [2.24, 2.45) is 0 Å². The molecular weight excluding hydrogens is 286 g/mol. The summed E-state index contributed by atoms with van der Waals surface area (Å²) in [5.74, 6) is 0.878. The number of ether oxygens (including phenoxy) is 1. The van der Waals surface area contributed by atoms with Gasteiger partial charge in [-0.15, -0.1) is 0 Å². The first kappa shape index (κ1) is 20.0. The number of nitrogens with one attached hydrogen (secondary N) is 1. The number of unbranched alkanes of at least 4 members (excludes halogenated alkanes) is 1. The summed E-state index contributed by atoms with van der Waals surface area (Å²) >= 11 is 0. The second-order valence-corrected chi connectivity index (χ2v) is 7.61. The number of aryl methyl sites for hydroxylation is 1. The minimum Gasteiger partial charge on any atom is -0.490 e. The average molecular weight is 323 g/mol. The van der Waals surface area contributed by atoms with E-state index >= 15 is 0 Å². The number of hydrogen-bond donors (Lipinski definition) is 2. The maximum Gasteiger partial charge on any atom is 0.137 e. The van der Waals surface area contributed by atoms with Gasteiger partial charge in [-0.1, -0.05) is 46.2 Å². The van der Waals surface area contributed by atoms with Gasteiger partial charge in [0.2, 0.25) is 0 Å². The van der Waals surface area contributed by atoms with E-state index in [9.17, 15) is 5.11 Å². The molecule has 0 saturated heterocycles. The molecule has 3 heteroatoms. The average Bonchev–Trinajstić information content (AvgIpc) is 2.49. The summed E-state index contributed by atoms with van der Waals surface area (Å²) in [5.41, 5.74) is 2.59. The van der Waals surface area contributed by atoms with Crippen LogP contribution in [-0.2, 0) is 5.41 Å². The summed E-state index contributed by atoms with van der Waals surface area (Å²) in [7, 11) is 0. The molecular formula is C20H36NO2+. The Kier molecular flexibility index (Phi) is 8.07.